The van der Waals surface area contributed by atoms with Gasteiger partial charge in [0.1, 0.15) is 5.82 Å². The normalized spacial score (nSPS) is 14.1. The molecule has 1 saturated heterocycles. The number of benzene rings is 1. The third kappa shape index (κ3) is 4.93. The predicted octanol–water partition coefficient (Wildman–Crippen LogP) is 1.06. The van der Waals surface area contributed by atoms with Crippen molar-refractivity contribution in [1.82, 2.24) is 15.1 Å². The van der Waals surface area contributed by atoms with Crippen LogP contribution in [0.2, 0.25) is 0 Å². The monoisotopic (exact) mass is 373 g/mol. The standard InChI is InChI=1S/C19H20FN3O4/c20-15-5-3-14(4-6-15)12-17(24)21-13-18(25)22-7-9-23(10-8-22)19(26)16-2-1-11-27-16/h1-6,11H,7-10,12-13H2,(H,21,24). The summed E-state index contributed by atoms with van der Waals surface area (Å²) in [5, 5.41) is 2.58. The molecule has 1 aromatic heterocycles. The van der Waals surface area contributed by atoms with Gasteiger partial charge in [0.25, 0.3) is 5.91 Å². The molecule has 0 spiro atoms. The van der Waals surface area contributed by atoms with Gasteiger partial charge < -0.3 is 19.5 Å². The summed E-state index contributed by atoms with van der Waals surface area (Å²) in [4.78, 5) is 39.6. The molecule has 0 saturated carbocycles. The van der Waals surface area contributed by atoms with Crippen LogP contribution in [-0.2, 0) is 16.0 Å². The maximum Gasteiger partial charge on any atom is 0.289 e. The molecule has 1 N–H and O–H groups in total. The minimum atomic E-state index is -0.362. The van der Waals surface area contributed by atoms with Crippen molar-refractivity contribution in [3.8, 4) is 0 Å². The Morgan fingerprint density at radius 2 is 1.67 bits per heavy atom. The zero-order chi connectivity index (χ0) is 19.2. The molecule has 7 nitrogen and oxygen atoms in total. The number of hydrogen-bond acceptors (Lipinski definition) is 4. The van der Waals surface area contributed by atoms with Crippen molar-refractivity contribution in [2.75, 3.05) is 32.7 Å². The molecule has 0 aliphatic carbocycles. The van der Waals surface area contributed by atoms with Gasteiger partial charge in [0.15, 0.2) is 5.76 Å². The van der Waals surface area contributed by atoms with Gasteiger partial charge >= 0.3 is 0 Å². The molecule has 0 bridgehead atoms. The van der Waals surface area contributed by atoms with Crippen molar-refractivity contribution >= 4 is 17.7 Å². The Morgan fingerprint density at radius 3 is 2.30 bits per heavy atom. The summed E-state index contributed by atoms with van der Waals surface area (Å²) in [5.41, 5.74) is 0.673. The Morgan fingerprint density at radius 1 is 1.00 bits per heavy atom. The van der Waals surface area contributed by atoms with Gasteiger partial charge in [-0.2, -0.15) is 0 Å². The molecule has 0 radical (unpaired) electrons. The molecule has 0 atom stereocenters. The Hall–Kier alpha value is -3.16. The van der Waals surface area contributed by atoms with E-state index in [0.29, 0.717) is 31.7 Å². The second-order valence-electron chi connectivity index (χ2n) is 6.23. The number of hydrogen-bond donors (Lipinski definition) is 1. The molecule has 1 fully saturated rings. The maximum absolute atomic E-state index is 12.9. The number of halogens is 1. The second-order valence-corrected chi connectivity index (χ2v) is 6.23. The summed E-state index contributed by atoms with van der Waals surface area (Å²) in [7, 11) is 0. The molecule has 2 heterocycles. The van der Waals surface area contributed by atoms with Crippen molar-refractivity contribution in [1.29, 1.82) is 0 Å². The van der Waals surface area contributed by atoms with Crippen LogP contribution in [0.1, 0.15) is 16.1 Å². The van der Waals surface area contributed by atoms with E-state index in [1.807, 2.05) is 0 Å². The second kappa shape index (κ2) is 8.48. The topological polar surface area (TPSA) is 82.9 Å². The third-order valence-corrected chi connectivity index (χ3v) is 4.37. The highest BCUT2D eigenvalue weighted by molar-refractivity contribution is 5.91. The SMILES string of the molecule is O=C(Cc1ccc(F)cc1)NCC(=O)N1CCN(C(=O)c2ccco2)CC1. The summed E-state index contributed by atoms with van der Waals surface area (Å²) >= 11 is 0. The van der Waals surface area contributed by atoms with Crippen molar-refractivity contribution in [2.45, 2.75) is 6.42 Å². The minimum absolute atomic E-state index is 0.0823. The molecule has 1 aromatic carbocycles. The molecular formula is C19H20FN3O4. The minimum Gasteiger partial charge on any atom is -0.459 e. The lowest BCUT2D eigenvalue weighted by Gasteiger charge is -2.34. The molecule has 0 unspecified atom stereocenters. The fourth-order valence-electron chi connectivity index (χ4n) is 2.85. The summed E-state index contributed by atoms with van der Waals surface area (Å²) in [5.74, 6) is -0.782. The quantitative estimate of drug-likeness (QED) is 0.850. The molecule has 1 aliphatic rings. The van der Waals surface area contributed by atoms with Gasteiger partial charge in [-0.25, -0.2) is 4.39 Å². The van der Waals surface area contributed by atoms with Crippen LogP contribution in [0.25, 0.3) is 0 Å². The molecule has 142 valence electrons. The lowest BCUT2D eigenvalue weighted by molar-refractivity contribution is -0.134. The van der Waals surface area contributed by atoms with Crippen LogP contribution in [0.3, 0.4) is 0 Å². The van der Waals surface area contributed by atoms with Crippen LogP contribution in [0.15, 0.2) is 47.1 Å². The average Bonchev–Trinajstić information content (AvgIpc) is 3.22. The Bertz CT molecular complexity index is 797. The first kappa shape index (κ1) is 18.6. The Balaban J connectivity index is 1.41. The molecule has 3 amide bonds. The van der Waals surface area contributed by atoms with Gasteiger partial charge in [0.05, 0.1) is 19.2 Å². The van der Waals surface area contributed by atoms with Gasteiger partial charge in [-0.15, -0.1) is 0 Å². The lowest BCUT2D eigenvalue weighted by atomic mass is 10.1. The summed E-state index contributed by atoms with van der Waals surface area (Å²) in [6.45, 7) is 1.52. The number of nitrogens with one attached hydrogen (secondary N) is 1. The zero-order valence-corrected chi connectivity index (χ0v) is 14.7. The first-order valence-corrected chi connectivity index (χ1v) is 8.64. The maximum atomic E-state index is 12.9. The first-order chi connectivity index (χ1) is 13.0. The number of furan rings is 1. The number of rotatable bonds is 5. The molecule has 3 rings (SSSR count). The number of amides is 3. The van der Waals surface area contributed by atoms with E-state index in [0.717, 1.165) is 0 Å². The smallest absolute Gasteiger partial charge is 0.289 e. The Labute approximate surface area is 155 Å². The highest BCUT2D eigenvalue weighted by Gasteiger charge is 2.26. The van der Waals surface area contributed by atoms with Crippen molar-refractivity contribution in [3.63, 3.8) is 0 Å². The Kier molecular flexibility index (Phi) is 5.85. The number of nitrogens with zero attached hydrogens (tertiary/aromatic N) is 2. The van der Waals surface area contributed by atoms with Crippen LogP contribution in [0.5, 0.6) is 0 Å². The van der Waals surface area contributed by atoms with Crippen LogP contribution in [0.4, 0.5) is 4.39 Å². The zero-order valence-electron chi connectivity index (χ0n) is 14.7. The highest BCUT2D eigenvalue weighted by atomic mass is 19.1. The number of carbonyl (C=O) groups excluding carboxylic acids is 3. The lowest BCUT2D eigenvalue weighted by Crippen LogP contribution is -2.52. The summed E-state index contributed by atoms with van der Waals surface area (Å²) in [6.07, 6.45) is 1.53. The fraction of sp³-hybridized carbons (Fsp3) is 0.316. The van der Waals surface area contributed by atoms with Crippen LogP contribution in [-0.4, -0.2) is 60.2 Å². The summed E-state index contributed by atoms with van der Waals surface area (Å²) < 4.78 is 18.0. The predicted molar refractivity (Wildman–Crippen MR) is 94.3 cm³/mol. The van der Waals surface area contributed by atoms with E-state index in [1.54, 1.807) is 21.9 Å². The first-order valence-electron chi connectivity index (χ1n) is 8.64. The van der Waals surface area contributed by atoms with E-state index in [9.17, 15) is 18.8 Å². The fourth-order valence-corrected chi connectivity index (χ4v) is 2.85. The molecule has 1 aliphatic heterocycles. The third-order valence-electron chi connectivity index (χ3n) is 4.37. The van der Waals surface area contributed by atoms with Crippen molar-refractivity contribution in [3.05, 3.63) is 59.8 Å². The van der Waals surface area contributed by atoms with E-state index in [2.05, 4.69) is 5.32 Å². The van der Waals surface area contributed by atoms with Gasteiger partial charge in [-0.3, -0.25) is 14.4 Å². The molecule has 2 aromatic rings. The van der Waals surface area contributed by atoms with Crippen molar-refractivity contribution in [2.24, 2.45) is 0 Å². The number of piperazine rings is 1. The van der Waals surface area contributed by atoms with E-state index in [-0.39, 0.29) is 42.3 Å². The van der Waals surface area contributed by atoms with Gasteiger partial charge in [0.2, 0.25) is 11.8 Å². The molecule has 27 heavy (non-hydrogen) atoms. The van der Waals surface area contributed by atoms with E-state index >= 15 is 0 Å². The van der Waals surface area contributed by atoms with E-state index in [1.165, 1.54) is 30.5 Å². The summed E-state index contributed by atoms with van der Waals surface area (Å²) in [6, 6.07) is 8.91. The van der Waals surface area contributed by atoms with Gasteiger partial charge in [-0.1, -0.05) is 12.1 Å². The van der Waals surface area contributed by atoms with Gasteiger partial charge in [0, 0.05) is 26.2 Å². The average molecular weight is 373 g/mol. The van der Waals surface area contributed by atoms with Crippen LogP contribution >= 0.6 is 0 Å². The number of carbonyl (C=O) groups is 3. The highest BCUT2D eigenvalue weighted by Crippen LogP contribution is 2.09. The van der Waals surface area contributed by atoms with E-state index < -0.39 is 0 Å². The largest absolute Gasteiger partial charge is 0.459 e. The molecular weight excluding hydrogens is 353 g/mol. The van der Waals surface area contributed by atoms with E-state index in [4.69, 9.17) is 4.42 Å². The van der Waals surface area contributed by atoms with Crippen LogP contribution < -0.4 is 5.32 Å². The van der Waals surface area contributed by atoms with Crippen LogP contribution in [0, 0.1) is 5.82 Å². The molecule has 8 heteroatoms. The van der Waals surface area contributed by atoms with Gasteiger partial charge in [-0.05, 0) is 29.8 Å². The van der Waals surface area contributed by atoms with Crippen molar-refractivity contribution < 1.29 is 23.2 Å².